The quantitative estimate of drug-likeness (QED) is 0.683. The van der Waals surface area contributed by atoms with Gasteiger partial charge in [0.1, 0.15) is 5.76 Å². The van der Waals surface area contributed by atoms with Crippen molar-refractivity contribution in [3.63, 3.8) is 0 Å². The monoisotopic (exact) mass is 360 g/mol. The van der Waals surface area contributed by atoms with Crippen LogP contribution in [0.4, 0.5) is 0 Å². The third kappa shape index (κ3) is 3.63. The highest BCUT2D eigenvalue weighted by Crippen LogP contribution is 2.22. The molecular weight excluding hydrogens is 344 g/mol. The maximum Gasteiger partial charge on any atom is 0.224 e. The maximum atomic E-state index is 12.3. The molecule has 5 nitrogen and oxygen atoms in total. The first-order valence-corrected chi connectivity index (χ1v) is 9.09. The van der Waals surface area contributed by atoms with Gasteiger partial charge in [-0.15, -0.1) is 22.7 Å². The number of hydrogen-bond acceptors (Lipinski definition) is 6. The summed E-state index contributed by atoms with van der Waals surface area (Å²) in [5.74, 6) is 0.606. The van der Waals surface area contributed by atoms with Crippen LogP contribution in [0.15, 0.2) is 34.2 Å². The minimum absolute atomic E-state index is 0.0308. The second kappa shape index (κ2) is 7.11. The molecule has 3 heterocycles. The number of amides is 1. The molecule has 0 aromatic carbocycles. The zero-order valence-electron chi connectivity index (χ0n) is 13.3. The number of aromatic nitrogens is 1. The van der Waals surface area contributed by atoms with Crippen LogP contribution in [-0.4, -0.2) is 16.8 Å². The Balaban J connectivity index is 1.57. The molecule has 0 fully saturated rings. The number of aryl methyl sites for hydroxylation is 2. The molecule has 0 aliphatic rings. The zero-order valence-corrected chi connectivity index (χ0v) is 14.9. The summed E-state index contributed by atoms with van der Waals surface area (Å²) in [6.07, 6.45) is 0.244. The fourth-order valence-electron chi connectivity index (χ4n) is 2.29. The molecule has 1 N–H and O–H groups in total. The van der Waals surface area contributed by atoms with Crippen molar-refractivity contribution >= 4 is 34.4 Å². The van der Waals surface area contributed by atoms with E-state index >= 15 is 0 Å². The van der Waals surface area contributed by atoms with Crippen molar-refractivity contribution < 1.29 is 14.1 Å². The predicted octanol–water partition coefficient (Wildman–Crippen LogP) is 3.50. The van der Waals surface area contributed by atoms with E-state index in [1.54, 1.807) is 6.92 Å². The van der Waals surface area contributed by atoms with E-state index in [4.69, 9.17) is 4.52 Å². The van der Waals surface area contributed by atoms with Crippen LogP contribution in [0.1, 0.15) is 36.4 Å². The summed E-state index contributed by atoms with van der Waals surface area (Å²) in [4.78, 5) is 26.7. The molecule has 0 unspecified atom stereocenters. The van der Waals surface area contributed by atoms with Gasteiger partial charge in [0.05, 0.1) is 28.4 Å². The summed E-state index contributed by atoms with van der Waals surface area (Å²) in [6, 6.07) is 7.36. The third-order valence-corrected chi connectivity index (χ3v) is 5.56. The number of rotatable bonds is 6. The lowest BCUT2D eigenvalue weighted by Crippen LogP contribution is -2.24. The molecule has 0 saturated heterocycles. The molecule has 0 bridgehead atoms. The Morgan fingerprint density at radius 2 is 2.04 bits per heavy atom. The summed E-state index contributed by atoms with van der Waals surface area (Å²) in [6.45, 7) is 4.02. The smallest absolute Gasteiger partial charge is 0.224 e. The summed E-state index contributed by atoms with van der Waals surface area (Å²) >= 11 is 2.84. The van der Waals surface area contributed by atoms with Crippen LogP contribution in [0.3, 0.4) is 0 Å². The minimum Gasteiger partial charge on any atom is -0.361 e. The van der Waals surface area contributed by atoms with E-state index in [2.05, 4.69) is 10.5 Å². The number of carbonyl (C=O) groups is 2. The van der Waals surface area contributed by atoms with Gasteiger partial charge >= 0.3 is 0 Å². The van der Waals surface area contributed by atoms with Crippen molar-refractivity contribution in [2.24, 2.45) is 0 Å². The highest BCUT2D eigenvalue weighted by atomic mass is 32.1. The number of thiophene rings is 2. The second-order valence-corrected chi connectivity index (χ2v) is 7.44. The van der Waals surface area contributed by atoms with E-state index in [0.717, 1.165) is 21.0 Å². The lowest BCUT2D eigenvalue weighted by Gasteiger charge is -2.03. The summed E-state index contributed by atoms with van der Waals surface area (Å²) in [5.41, 5.74) is 1.56. The van der Waals surface area contributed by atoms with Gasteiger partial charge < -0.3 is 9.84 Å². The standard InChI is InChI=1S/C17H16N2O3S2/c1-10-13(11(2)22-19-10)8-16(20)18-9-12-5-6-15(24-12)17(21)14-4-3-7-23-14/h3-7H,8-9H2,1-2H3,(H,18,20). The molecule has 0 radical (unpaired) electrons. The van der Waals surface area contributed by atoms with Gasteiger partial charge in [0.15, 0.2) is 0 Å². The Hall–Kier alpha value is -2.25. The van der Waals surface area contributed by atoms with E-state index in [9.17, 15) is 9.59 Å². The Morgan fingerprint density at radius 3 is 2.71 bits per heavy atom. The van der Waals surface area contributed by atoms with Gasteiger partial charge in [-0.25, -0.2) is 0 Å². The van der Waals surface area contributed by atoms with Crippen molar-refractivity contribution in [1.29, 1.82) is 0 Å². The fourth-order valence-corrected chi connectivity index (χ4v) is 3.93. The molecule has 1 amide bonds. The maximum absolute atomic E-state index is 12.3. The van der Waals surface area contributed by atoms with Gasteiger partial charge in [-0.2, -0.15) is 0 Å². The van der Waals surface area contributed by atoms with Gasteiger partial charge in [0.2, 0.25) is 11.7 Å². The molecule has 0 saturated carbocycles. The van der Waals surface area contributed by atoms with Crippen molar-refractivity contribution in [2.45, 2.75) is 26.8 Å². The van der Waals surface area contributed by atoms with Gasteiger partial charge in [0.25, 0.3) is 0 Å². The molecule has 3 aromatic rings. The SMILES string of the molecule is Cc1noc(C)c1CC(=O)NCc1ccc(C(=O)c2cccs2)s1. The van der Waals surface area contributed by atoms with Crippen molar-refractivity contribution in [3.05, 3.63) is 61.3 Å². The topological polar surface area (TPSA) is 72.2 Å². The molecule has 124 valence electrons. The number of ketones is 1. The van der Waals surface area contributed by atoms with E-state index in [-0.39, 0.29) is 18.1 Å². The van der Waals surface area contributed by atoms with Crippen LogP contribution in [0, 0.1) is 13.8 Å². The Bertz CT molecular complexity index is 843. The van der Waals surface area contributed by atoms with E-state index < -0.39 is 0 Å². The van der Waals surface area contributed by atoms with Gasteiger partial charge in [-0.1, -0.05) is 11.2 Å². The normalized spacial score (nSPS) is 10.8. The molecule has 0 aliphatic heterocycles. The first kappa shape index (κ1) is 16.6. The molecule has 3 aromatic heterocycles. The van der Waals surface area contributed by atoms with Crippen molar-refractivity contribution in [2.75, 3.05) is 0 Å². The lowest BCUT2D eigenvalue weighted by atomic mass is 10.1. The molecule has 0 aliphatic carbocycles. The molecule has 3 rings (SSSR count). The molecule has 0 atom stereocenters. The molecule has 24 heavy (non-hydrogen) atoms. The average molecular weight is 360 g/mol. The van der Waals surface area contributed by atoms with Crippen LogP contribution in [0.5, 0.6) is 0 Å². The number of carbonyl (C=O) groups excluding carboxylic acids is 2. The average Bonchev–Trinajstić information content (AvgIpc) is 3.30. The van der Waals surface area contributed by atoms with E-state index in [0.29, 0.717) is 17.2 Å². The van der Waals surface area contributed by atoms with Crippen LogP contribution in [0.2, 0.25) is 0 Å². The second-order valence-electron chi connectivity index (χ2n) is 5.33. The van der Waals surface area contributed by atoms with Gasteiger partial charge in [-0.05, 0) is 37.4 Å². The molecular formula is C17H16N2O3S2. The van der Waals surface area contributed by atoms with Crippen LogP contribution >= 0.6 is 22.7 Å². The van der Waals surface area contributed by atoms with Crippen molar-refractivity contribution in [3.8, 4) is 0 Å². The highest BCUT2D eigenvalue weighted by Gasteiger charge is 2.15. The minimum atomic E-state index is -0.0936. The molecule has 7 heteroatoms. The summed E-state index contributed by atoms with van der Waals surface area (Å²) < 4.78 is 5.06. The van der Waals surface area contributed by atoms with Crippen molar-refractivity contribution in [1.82, 2.24) is 10.5 Å². The Morgan fingerprint density at radius 1 is 1.21 bits per heavy atom. The first-order chi connectivity index (χ1) is 11.5. The summed E-state index contributed by atoms with van der Waals surface area (Å²) in [5, 5.41) is 8.60. The van der Waals surface area contributed by atoms with Gasteiger partial charge in [-0.3, -0.25) is 9.59 Å². The van der Waals surface area contributed by atoms with Crippen LogP contribution in [0.25, 0.3) is 0 Å². The van der Waals surface area contributed by atoms with E-state index in [1.807, 2.05) is 36.6 Å². The summed E-state index contributed by atoms with van der Waals surface area (Å²) in [7, 11) is 0. The lowest BCUT2D eigenvalue weighted by molar-refractivity contribution is -0.120. The number of nitrogens with one attached hydrogen (secondary N) is 1. The van der Waals surface area contributed by atoms with E-state index in [1.165, 1.54) is 22.7 Å². The Labute approximate surface area is 147 Å². The van der Waals surface area contributed by atoms with Crippen LogP contribution in [-0.2, 0) is 17.8 Å². The molecule has 0 spiro atoms. The Kier molecular flexibility index (Phi) is 4.92. The largest absolute Gasteiger partial charge is 0.361 e. The number of nitrogens with zero attached hydrogens (tertiary/aromatic N) is 1. The number of hydrogen-bond donors (Lipinski definition) is 1. The third-order valence-electron chi connectivity index (χ3n) is 3.61. The highest BCUT2D eigenvalue weighted by molar-refractivity contribution is 7.16. The van der Waals surface area contributed by atoms with Crippen LogP contribution < -0.4 is 5.32 Å². The fraction of sp³-hybridized carbons (Fsp3) is 0.235. The first-order valence-electron chi connectivity index (χ1n) is 7.40. The predicted molar refractivity (Wildman–Crippen MR) is 93.6 cm³/mol. The van der Waals surface area contributed by atoms with Gasteiger partial charge in [0, 0.05) is 10.4 Å². The zero-order chi connectivity index (χ0) is 17.1.